The van der Waals surface area contributed by atoms with E-state index in [2.05, 4.69) is 25.6 Å². The number of anilines is 1. The Morgan fingerprint density at radius 1 is 1.12 bits per heavy atom. The summed E-state index contributed by atoms with van der Waals surface area (Å²) in [6.07, 6.45) is 1.57. The van der Waals surface area contributed by atoms with Crippen molar-refractivity contribution in [2.45, 2.75) is 11.8 Å². The van der Waals surface area contributed by atoms with Gasteiger partial charge in [0.1, 0.15) is 0 Å². The van der Waals surface area contributed by atoms with Gasteiger partial charge in [-0.2, -0.15) is 0 Å². The molecule has 3 aromatic rings. The Morgan fingerprint density at radius 3 is 2.59 bits per heavy atom. The fourth-order valence-corrected chi connectivity index (χ4v) is 4.52. The third kappa shape index (κ3) is 4.43. The summed E-state index contributed by atoms with van der Waals surface area (Å²) >= 11 is 3.45. The zero-order valence-corrected chi connectivity index (χ0v) is 19.0. The molecule has 0 unspecified atom stereocenters. The van der Waals surface area contributed by atoms with Gasteiger partial charge in [-0.05, 0) is 53.2 Å². The molecule has 4 rings (SSSR count). The van der Waals surface area contributed by atoms with Crippen molar-refractivity contribution >= 4 is 49.2 Å². The Labute approximate surface area is 192 Å². The van der Waals surface area contributed by atoms with Crippen molar-refractivity contribution in [3.05, 3.63) is 80.3 Å². The Hall–Kier alpha value is -3.44. The van der Waals surface area contributed by atoms with Crippen LogP contribution < -0.4 is 14.2 Å². The molecule has 0 amide bonds. The first kappa shape index (κ1) is 21.8. The van der Waals surface area contributed by atoms with E-state index in [9.17, 15) is 18.5 Å². The Morgan fingerprint density at radius 2 is 1.84 bits per heavy atom. The highest BCUT2D eigenvalue weighted by Crippen LogP contribution is 2.37. The number of aliphatic imine (C=N–C) groups is 1. The van der Waals surface area contributed by atoms with Crippen LogP contribution in [0.25, 0.3) is 0 Å². The molecule has 1 heterocycles. The molecule has 3 aromatic carbocycles. The highest BCUT2D eigenvalue weighted by molar-refractivity contribution is 9.10. The van der Waals surface area contributed by atoms with Crippen LogP contribution in [-0.4, -0.2) is 26.3 Å². The number of para-hydroxylation sites is 2. The zero-order chi connectivity index (χ0) is 22.9. The Bertz CT molecular complexity index is 1360. The number of hydrogen-bond donors (Lipinski definition) is 1. The number of halogens is 1. The molecule has 1 aliphatic heterocycles. The third-order valence-corrected chi connectivity index (χ3v) is 6.72. The van der Waals surface area contributed by atoms with E-state index in [1.165, 1.54) is 12.1 Å². The second-order valence-corrected chi connectivity index (χ2v) is 9.35. The highest BCUT2D eigenvalue weighted by atomic mass is 79.9. The maximum Gasteiger partial charge on any atom is 0.273 e. The number of sulfonamides is 1. The quantitative estimate of drug-likeness (QED) is 0.280. The van der Waals surface area contributed by atoms with E-state index in [4.69, 9.17) is 9.47 Å². The van der Waals surface area contributed by atoms with Crippen LogP contribution in [0.4, 0.5) is 17.1 Å². The molecular formula is C21H16BrN3O6S. The number of fused-ring (bicyclic) bond motifs is 1. The lowest BCUT2D eigenvalue weighted by Gasteiger charge is -2.11. The smallest absolute Gasteiger partial charge is 0.273 e. The monoisotopic (exact) mass is 517 g/mol. The van der Waals surface area contributed by atoms with Gasteiger partial charge in [0.2, 0.25) is 6.79 Å². The van der Waals surface area contributed by atoms with E-state index >= 15 is 0 Å². The summed E-state index contributed by atoms with van der Waals surface area (Å²) in [5.41, 5.74) is 1.40. The number of nitro groups is 1. The standard InChI is InChI=1S/C21H16BrN3O6S/c1-13-6-7-15(9-19(13)25(26)27)32(28,29)24-18-5-3-2-4-17(18)23-11-14-8-20-21(10-16(14)22)31-12-30-20/h2-11,24H,12H2,1H3. The van der Waals surface area contributed by atoms with Crippen LogP contribution in [0.1, 0.15) is 11.1 Å². The van der Waals surface area contributed by atoms with Gasteiger partial charge >= 0.3 is 0 Å². The first-order valence-electron chi connectivity index (χ1n) is 9.25. The normalized spacial score (nSPS) is 12.8. The summed E-state index contributed by atoms with van der Waals surface area (Å²) < 4.78 is 39.6. The van der Waals surface area contributed by atoms with Crippen LogP contribution in [0, 0.1) is 17.0 Å². The zero-order valence-electron chi connectivity index (χ0n) is 16.6. The molecule has 0 bridgehead atoms. The SMILES string of the molecule is Cc1ccc(S(=O)(=O)Nc2ccccc2N=Cc2cc3c(cc2Br)OCO3)cc1[N+](=O)[O-]. The van der Waals surface area contributed by atoms with E-state index in [1.807, 2.05) is 0 Å². The van der Waals surface area contributed by atoms with Gasteiger partial charge in [0.25, 0.3) is 15.7 Å². The summed E-state index contributed by atoms with van der Waals surface area (Å²) in [5.74, 6) is 1.21. The average molecular weight is 518 g/mol. The lowest BCUT2D eigenvalue weighted by molar-refractivity contribution is -0.385. The van der Waals surface area contributed by atoms with Crippen molar-refractivity contribution in [2.75, 3.05) is 11.5 Å². The van der Waals surface area contributed by atoms with Crippen LogP contribution in [0.5, 0.6) is 11.5 Å². The molecule has 1 aliphatic rings. The van der Waals surface area contributed by atoms with Crippen LogP contribution in [0.15, 0.2) is 69.0 Å². The first-order valence-corrected chi connectivity index (χ1v) is 11.5. The minimum Gasteiger partial charge on any atom is -0.454 e. The van der Waals surface area contributed by atoms with E-state index in [0.717, 1.165) is 10.5 Å². The minimum absolute atomic E-state index is 0.143. The molecule has 0 aliphatic carbocycles. The lowest BCUT2D eigenvalue weighted by atomic mass is 10.2. The topological polar surface area (TPSA) is 120 Å². The van der Waals surface area contributed by atoms with Gasteiger partial charge in [0.05, 0.1) is 21.2 Å². The van der Waals surface area contributed by atoms with E-state index in [-0.39, 0.29) is 23.1 Å². The van der Waals surface area contributed by atoms with Gasteiger partial charge in [-0.15, -0.1) is 0 Å². The molecule has 0 radical (unpaired) electrons. The van der Waals surface area contributed by atoms with E-state index in [1.54, 1.807) is 49.5 Å². The minimum atomic E-state index is -4.08. The van der Waals surface area contributed by atoms with Crippen molar-refractivity contribution in [2.24, 2.45) is 4.99 Å². The molecule has 0 atom stereocenters. The molecule has 0 saturated heterocycles. The highest BCUT2D eigenvalue weighted by Gasteiger charge is 2.21. The van der Waals surface area contributed by atoms with Crippen molar-refractivity contribution in [3.63, 3.8) is 0 Å². The number of rotatable bonds is 6. The number of nitrogens with one attached hydrogen (secondary N) is 1. The molecular weight excluding hydrogens is 502 g/mol. The van der Waals surface area contributed by atoms with Crippen molar-refractivity contribution in [3.8, 4) is 11.5 Å². The molecule has 9 nitrogen and oxygen atoms in total. The van der Waals surface area contributed by atoms with Gasteiger partial charge in [0.15, 0.2) is 11.5 Å². The van der Waals surface area contributed by atoms with Crippen LogP contribution in [0.2, 0.25) is 0 Å². The maximum absolute atomic E-state index is 12.9. The van der Waals surface area contributed by atoms with E-state index < -0.39 is 14.9 Å². The number of ether oxygens (including phenoxy) is 2. The van der Waals surface area contributed by atoms with Crippen molar-refractivity contribution in [1.29, 1.82) is 0 Å². The summed E-state index contributed by atoms with van der Waals surface area (Å²) in [5, 5.41) is 11.2. The fourth-order valence-electron chi connectivity index (χ4n) is 3.00. The van der Waals surface area contributed by atoms with E-state index in [0.29, 0.717) is 28.3 Å². The van der Waals surface area contributed by atoms with Gasteiger partial charge in [-0.3, -0.25) is 19.8 Å². The molecule has 32 heavy (non-hydrogen) atoms. The van der Waals surface area contributed by atoms with Gasteiger partial charge in [-0.1, -0.05) is 18.2 Å². The largest absolute Gasteiger partial charge is 0.454 e. The number of aryl methyl sites for hydroxylation is 1. The molecule has 1 N–H and O–H groups in total. The summed E-state index contributed by atoms with van der Waals surface area (Å²) in [6.45, 7) is 1.68. The van der Waals surface area contributed by atoms with Crippen LogP contribution in [0.3, 0.4) is 0 Å². The number of nitro benzene ring substituents is 1. The maximum atomic E-state index is 12.9. The average Bonchev–Trinajstić information content (AvgIpc) is 3.19. The molecule has 0 fully saturated rings. The van der Waals surface area contributed by atoms with Crippen molar-refractivity contribution < 1.29 is 22.8 Å². The molecule has 11 heteroatoms. The Balaban J connectivity index is 1.64. The fraction of sp³-hybridized carbons (Fsp3) is 0.0952. The third-order valence-electron chi connectivity index (χ3n) is 4.67. The number of nitrogens with zero attached hydrogens (tertiary/aromatic N) is 2. The van der Waals surface area contributed by atoms with Gasteiger partial charge in [0, 0.05) is 27.9 Å². The summed E-state index contributed by atoms with van der Waals surface area (Å²) in [4.78, 5) is 14.8. The second kappa shape index (κ2) is 8.60. The molecule has 0 aromatic heterocycles. The van der Waals surface area contributed by atoms with Crippen LogP contribution in [-0.2, 0) is 10.0 Å². The lowest BCUT2D eigenvalue weighted by Crippen LogP contribution is -2.13. The number of benzene rings is 3. The second-order valence-electron chi connectivity index (χ2n) is 6.81. The molecule has 0 spiro atoms. The van der Waals surface area contributed by atoms with Crippen LogP contribution >= 0.6 is 15.9 Å². The first-order chi connectivity index (χ1) is 15.2. The summed E-state index contributed by atoms with van der Waals surface area (Å²) in [7, 11) is -4.08. The van der Waals surface area contributed by atoms with Gasteiger partial charge < -0.3 is 9.47 Å². The molecule has 164 valence electrons. The molecule has 0 saturated carbocycles. The van der Waals surface area contributed by atoms with Gasteiger partial charge in [-0.25, -0.2) is 8.42 Å². The predicted molar refractivity (Wildman–Crippen MR) is 123 cm³/mol. The number of hydrogen-bond acceptors (Lipinski definition) is 7. The predicted octanol–water partition coefficient (Wildman–Crippen LogP) is 4.95. The Kier molecular flexibility index (Phi) is 5.85. The summed E-state index contributed by atoms with van der Waals surface area (Å²) in [6, 6.07) is 13.9. The van der Waals surface area contributed by atoms with Crippen molar-refractivity contribution in [1.82, 2.24) is 0 Å².